The van der Waals surface area contributed by atoms with E-state index in [1.54, 1.807) is 0 Å². The molecule has 2 heterocycles. The van der Waals surface area contributed by atoms with Gasteiger partial charge in [0.25, 0.3) is 11.8 Å². The lowest BCUT2D eigenvalue weighted by Gasteiger charge is -2.28. The van der Waals surface area contributed by atoms with Crippen molar-refractivity contribution in [1.29, 1.82) is 5.26 Å². The third-order valence-electron chi connectivity index (χ3n) is 6.80. The van der Waals surface area contributed by atoms with Crippen molar-refractivity contribution in [3.05, 3.63) is 46.7 Å². The van der Waals surface area contributed by atoms with Gasteiger partial charge in [0.2, 0.25) is 0 Å². The summed E-state index contributed by atoms with van der Waals surface area (Å²) in [5.74, 6) is -2.15. The van der Waals surface area contributed by atoms with Gasteiger partial charge in [-0.3, -0.25) is 4.79 Å². The van der Waals surface area contributed by atoms with Crippen molar-refractivity contribution in [3.8, 4) is 41.2 Å². The molecule has 1 fully saturated rings. The number of alkyl halides is 10. The van der Waals surface area contributed by atoms with Gasteiger partial charge in [-0.15, -0.1) is 11.5 Å². The fourth-order valence-electron chi connectivity index (χ4n) is 4.34. The van der Waals surface area contributed by atoms with Crippen LogP contribution in [0.4, 0.5) is 43.9 Å². The zero-order valence-electron chi connectivity index (χ0n) is 23.0. The first-order chi connectivity index (χ1) is 21.5. The second-order valence-corrected chi connectivity index (χ2v) is 11.9. The summed E-state index contributed by atoms with van der Waals surface area (Å²) in [5, 5.41) is 8.92. The molecular formula is C25H15ClF10N6O4S. The number of halogens is 11. The summed E-state index contributed by atoms with van der Waals surface area (Å²) in [6.07, 6.45) is -12.5. The molecule has 1 aromatic carbocycles. The van der Waals surface area contributed by atoms with Gasteiger partial charge in [0.05, 0.1) is 29.4 Å². The van der Waals surface area contributed by atoms with Crippen molar-refractivity contribution in [2.75, 3.05) is 6.54 Å². The molecule has 47 heavy (non-hydrogen) atoms. The number of rotatable bonds is 8. The average molecular weight is 721 g/mol. The van der Waals surface area contributed by atoms with E-state index < -0.39 is 62.4 Å². The number of hydrogen-bond donors (Lipinski definition) is 0. The van der Waals surface area contributed by atoms with Crippen LogP contribution >= 0.6 is 11.6 Å². The van der Waals surface area contributed by atoms with E-state index in [2.05, 4.69) is 20.3 Å². The van der Waals surface area contributed by atoms with Crippen LogP contribution in [0, 0.1) is 23.7 Å². The van der Waals surface area contributed by atoms with E-state index in [1.165, 1.54) is 18.2 Å². The topological polar surface area (TPSA) is 123 Å². The van der Waals surface area contributed by atoms with E-state index in [9.17, 15) is 62.4 Å². The molecule has 1 saturated carbocycles. The summed E-state index contributed by atoms with van der Waals surface area (Å²) < 4.78 is 163. The van der Waals surface area contributed by atoms with E-state index in [-0.39, 0.29) is 32.9 Å². The van der Waals surface area contributed by atoms with Crippen LogP contribution in [0.3, 0.4) is 0 Å². The van der Waals surface area contributed by atoms with Gasteiger partial charge in [-0.2, -0.15) is 58.3 Å². The number of nitriles is 1. The summed E-state index contributed by atoms with van der Waals surface area (Å²) in [7, 11) is -6.97. The van der Waals surface area contributed by atoms with Crippen LogP contribution < -0.4 is 4.18 Å². The van der Waals surface area contributed by atoms with Crippen LogP contribution in [0.5, 0.6) is 5.88 Å². The van der Waals surface area contributed by atoms with Crippen LogP contribution in [0.25, 0.3) is 16.9 Å². The maximum absolute atomic E-state index is 14.3. The van der Waals surface area contributed by atoms with Gasteiger partial charge in [0.1, 0.15) is 5.54 Å². The number of amides is 1. The first kappa shape index (κ1) is 35.4. The van der Waals surface area contributed by atoms with Gasteiger partial charge in [-0.05, 0) is 30.5 Å². The fraction of sp³-hybridized carbons (Fsp3) is 0.360. The number of hydrogen-bond acceptors (Lipinski definition) is 7. The molecule has 0 aliphatic heterocycles. The number of aromatic nitrogens is 4. The van der Waals surface area contributed by atoms with Gasteiger partial charge in [0, 0.05) is 18.8 Å². The Labute approximate surface area is 262 Å². The summed E-state index contributed by atoms with van der Waals surface area (Å²) in [4.78, 5) is 14.4. The second-order valence-electron chi connectivity index (χ2n) is 9.86. The Bertz CT molecular complexity index is 1920. The number of terminal acetylenes is 1. The quantitative estimate of drug-likeness (QED) is 0.169. The number of nitrogens with zero attached hydrogens (tertiary/aromatic N) is 6. The highest BCUT2D eigenvalue weighted by Crippen LogP contribution is 2.51. The summed E-state index contributed by atoms with van der Waals surface area (Å²) in [6, 6.07) is 5.73. The normalized spacial score (nSPS) is 15.1. The minimum absolute atomic E-state index is 0.0537. The van der Waals surface area contributed by atoms with Gasteiger partial charge >= 0.3 is 33.6 Å². The van der Waals surface area contributed by atoms with Crippen molar-refractivity contribution < 1.29 is 61.3 Å². The zero-order valence-corrected chi connectivity index (χ0v) is 24.5. The molecular weight excluding hydrogens is 706 g/mol. The average Bonchev–Trinajstić information content (AvgIpc) is 3.45. The Kier molecular flexibility index (Phi) is 8.53. The van der Waals surface area contributed by atoms with Crippen LogP contribution in [-0.2, 0) is 23.3 Å². The molecule has 2 aromatic heterocycles. The van der Waals surface area contributed by atoms with Crippen molar-refractivity contribution in [3.63, 3.8) is 0 Å². The van der Waals surface area contributed by atoms with Crippen molar-refractivity contribution in [2.24, 2.45) is 7.05 Å². The zero-order chi connectivity index (χ0) is 35.5. The standard InChI is InChI=1S/C25H15ClF10N6O4S/c1-3-8-41(21(12-37)6-7-21)20(43)15-9-13(4-5-16(15)26)14-10-38-42(11-14)19-17(22(27,28)29)18(39-40(19)2)46-47(44,45)23(30,24(31,32)33)25(34,35)36/h1,4-5,9-11H,6-8H2,2H3. The molecule has 0 radical (unpaired) electrons. The fourth-order valence-corrected chi connectivity index (χ4v) is 5.54. The minimum Gasteiger partial charge on any atom is -0.356 e. The van der Waals surface area contributed by atoms with Crippen LogP contribution in [-0.4, -0.2) is 68.2 Å². The molecule has 3 aromatic rings. The molecule has 0 N–H and O–H groups in total. The molecule has 0 bridgehead atoms. The lowest BCUT2D eigenvalue weighted by molar-refractivity contribution is -0.307. The van der Waals surface area contributed by atoms with E-state index in [0.29, 0.717) is 24.6 Å². The van der Waals surface area contributed by atoms with E-state index in [0.717, 1.165) is 17.3 Å². The van der Waals surface area contributed by atoms with E-state index >= 15 is 0 Å². The Morgan fingerprint density at radius 2 is 1.70 bits per heavy atom. The summed E-state index contributed by atoms with van der Waals surface area (Å²) in [5.41, 5.74) is -3.65. The van der Waals surface area contributed by atoms with E-state index in [4.69, 9.17) is 18.0 Å². The Hall–Kier alpha value is -4.50. The molecule has 1 aliphatic rings. The molecule has 1 amide bonds. The Morgan fingerprint density at radius 3 is 2.19 bits per heavy atom. The number of carbonyl (C=O) groups is 1. The lowest BCUT2D eigenvalue weighted by Crippen LogP contribution is -2.60. The Balaban J connectivity index is 1.79. The first-order valence-electron chi connectivity index (χ1n) is 12.4. The minimum atomic E-state index is -7.64. The molecule has 0 saturated heterocycles. The molecule has 0 atom stereocenters. The van der Waals surface area contributed by atoms with Crippen LogP contribution in [0.1, 0.15) is 28.8 Å². The third kappa shape index (κ3) is 5.93. The second kappa shape index (κ2) is 11.3. The lowest BCUT2D eigenvalue weighted by atomic mass is 10.0. The van der Waals surface area contributed by atoms with Gasteiger partial charge in [-0.1, -0.05) is 23.6 Å². The predicted octanol–water partition coefficient (Wildman–Crippen LogP) is 5.58. The highest BCUT2D eigenvalue weighted by atomic mass is 35.5. The smallest absolute Gasteiger partial charge is 0.356 e. The summed E-state index contributed by atoms with van der Waals surface area (Å²) >= 11 is 6.20. The SMILES string of the molecule is C#CCN(C(=O)c1cc(-c2cnn(-c3c(C(F)(F)F)c(OS(=O)(=O)C(F)(C(F)(F)F)C(F)(F)F)nn3C)c2)ccc1Cl)C1(C#N)CC1. The number of aryl methyl sites for hydroxylation is 1. The largest absolute Gasteiger partial charge is 0.450 e. The van der Waals surface area contributed by atoms with Crippen LogP contribution in [0.15, 0.2) is 30.6 Å². The maximum Gasteiger partial charge on any atom is 0.450 e. The van der Waals surface area contributed by atoms with E-state index in [1.807, 2.05) is 6.07 Å². The molecule has 0 spiro atoms. The molecule has 1 aliphatic carbocycles. The van der Waals surface area contributed by atoms with Gasteiger partial charge < -0.3 is 9.08 Å². The number of carbonyl (C=O) groups excluding carboxylic acids is 1. The number of benzene rings is 1. The highest BCUT2D eigenvalue weighted by Gasteiger charge is 2.82. The predicted molar refractivity (Wildman–Crippen MR) is 139 cm³/mol. The molecule has 252 valence electrons. The molecule has 0 unspecified atom stereocenters. The first-order valence-corrected chi connectivity index (χ1v) is 14.2. The molecule has 4 rings (SSSR count). The highest BCUT2D eigenvalue weighted by molar-refractivity contribution is 7.88. The van der Waals surface area contributed by atoms with Gasteiger partial charge in [0.15, 0.2) is 11.4 Å². The van der Waals surface area contributed by atoms with Gasteiger partial charge in [-0.25, -0.2) is 13.8 Å². The summed E-state index contributed by atoms with van der Waals surface area (Å²) in [6.45, 7) is -0.263. The third-order valence-corrected chi connectivity index (χ3v) is 8.66. The Morgan fingerprint density at radius 1 is 1.11 bits per heavy atom. The van der Waals surface area contributed by atoms with Crippen molar-refractivity contribution in [1.82, 2.24) is 24.5 Å². The van der Waals surface area contributed by atoms with Crippen LogP contribution in [0.2, 0.25) is 5.02 Å². The molecule has 22 heteroatoms. The maximum atomic E-state index is 14.3. The van der Waals surface area contributed by atoms with Crippen molar-refractivity contribution >= 4 is 27.6 Å². The van der Waals surface area contributed by atoms with Crippen molar-refractivity contribution in [2.45, 2.75) is 41.9 Å². The monoisotopic (exact) mass is 720 g/mol. The molecule has 10 nitrogen and oxygen atoms in total.